The Morgan fingerprint density at radius 2 is 1.88 bits per heavy atom. The number of fused-ring (bicyclic) bond motifs is 2. The molecule has 4 heterocycles. The molecule has 150 valence electrons. The maximum atomic E-state index is 6.40. The molecule has 0 aromatic rings. The van der Waals surface area contributed by atoms with Gasteiger partial charge in [0, 0.05) is 18.3 Å². The lowest BCUT2D eigenvalue weighted by Gasteiger charge is -2.60. The number of ether oxygens (including phenoxy) is 3. The van der Waals surface area contributed by atoms with Gasteiger partial charge >= 0.3 is 0 Å². The van der Waals surface area contributed by atoms with Crippen LogP contribution in [0.2, 0.25) is 0 Å². The van der Waals surface area contributed by atoms with Crippen molar-refractivity contribution < 1.29 is 24.0 Å². The molecule has 8 atom stereocenters. The highest BCUT2D eigenvalue weighted by Gasteiger charge is 2.69. The molecule has 2 bridgehead atoms. The molecule has 6 nitrogen and oxygen atoms in total. The standard InChI is InChI=1S/C20H35NO5/c1-13-7-8-16-14(2)17(22-12-6-11-21(4)5)23-18-20(16)15(13)9-10-19(3,24-18)25-26-20/h13-18H,6-12H2,1-5H3/t13-,14-,15?,16?,17?,18-,19?,20-/m1/s1. The number of hydrogen-bond acceptors (Lipinski definition) is 6. The fourth-order valence-corrected chi connectivity index (χ4v) is 5.64. The van der Waals surface area contributed by atoms with Gasteiger partial charge in [0.25, 0.3) is 0 Å². The molecule has 1 spiro atoms. The Labute approximate surface area is 157 Å². The molecule has 5 rings (SSSR count). The average molecular weight is 370 g/mol. The summed E-state index contributed by atoms with van der Waals surface area (Å²) >= 11 is 0. The Balaban J connectivity index is 1.54. The van der Waals surface area contributed by atoms with Crippen LogP contribution in [-0.4, -0.2) is 56.1 Å². The molecule has 1 saturated carbocycles. The van der Waals surface area contributed by atoms with Crippen molar-refractivity contribution in [3.8, 4) is 0 Å². The maximum absolute atomic E-state index is 6.40. The van der Waals surface area contributed by atoms with E-state index in [2.05, 4.69) is 32.8 Å². The van der Waals surface area contributed by atoms with E-state index in [1.807, 2.05) is 6.92 Å². The van der Waals surface area contributed by atoms with E-state index in [-0.39, 0.29) is 12.2 Å². The molecular formula is C20H35NO5. The van der Waals surface area contributed by atoms with Crippen LogP contribution in [0.25, 0.3) is 0 Å². The molecule has 4 saturated heterocycles. The van der Waals surface area contributed by atoms with Crippen LogP contribution in [0.1, 0.15) is 52.9 Å². The van der Waals surface area contributed by atoms with Crippen LogP contribution >= 0.6 is 0 Å². The second kappa shape index (κ2) is 6.98. The summed E-state index contributed by atoms with van der Waals surface area (Å²) in [4.78, 5) is 14.2. The Morgan fingerprint density at radius 3 is 2.65 bits per heavy atom. The topological polar surface area (TPSA) is 49.4 Å². The molecule has 0 aromatic heterocycles. The minimum Gasteiger partial charge on any atom is -0.352 e. The zero-order valence-corrected chi connectivity index (χ0v) is 16.9. The van der Waals surface area contributed by atoms with E-state index in [0.717, 1.165) is 32.2 Å². The number of rotatable bonds is 5. The highest BCUT2D eigenvalue weighted by molar-refractivity contribution is 5.09. The van der Waals surface area contributed by atoms with Crippen molar-refractivity contribution in [2.75, 3.05) is 27.2 Å². The summed E-state index contributed by atoms with van der Waals surface area (Å²) in [7, 11) is 4.17. The summed E-state index contributed by atoms with van der Waals surface area (Å²) in [6, 6.07) is 0. The maximum Gasteiger partial charge on any atom is 0.201 e. The van der Waals surface area contributed by atoms with Gasteiger partial charge in [0.1, 0.15) is 0 Å². The molecule has 0 amide bonds. The van der Waals surface area contributed by atoms with Crippen LogP contribution in [0, 0.1) is 23.7 Å². The third kappa shape index (κ3) is 3.03. The predicted molar refractivity (Wildman–Crippen MR) is 96.0 cm³/mol. The summed E-state index contributed by atoms with van der Waals surface area (Å²) in [5, 5.41) is 0. The normalized spacial score (nSPS) is 50.5. The molecule has 26 heavy (non-hydrogen) atoms. The third-order valence-corrected chi connectivity index (χ3v) is 7.13. The van der Waals surface area contributed by atoms with E-state index in [9.17, 15) is 0 Å². The molecular weight excluding hydrogens is 334 g/mol. The summed E-state index contributed by atoms with van der Waals surface area (Å²) in [5.41, 5.74) is -0.489. The largest absolute Gasteiger partial charge is 0.352 e. The van der Waals surface area contributed by atoms with E-state index in [1.165, 1.54) is 6.42 Å². The smallest absolute Gasteiger partial charge is 0.201 e. The summed E-state index contributed by atoms with van der Waals surface area (Å²) in [6.07, 6.45) is 4.60. The van der Waals surface area contributed by atoms with Crippen molar-refractivity contribution in [2.45, 2.75) is 76.8 Å². The minimum absolute atomic E-state index is 0.238. The Bertz CT molecular complexity index is 516. The predicted octanol–water partition coefficient (Wildman–Crippen LogP) is 3.16. The van der Waals surface area contributed by atoms with Gasteiger partial charge in [0.2, 0.25) is 5.79 Å². The van der Waals surface area contributed by atoms with Crippen LogP contribution in [0.3, 0.4) is 0 Å². The lowest BCUT2D eigenvalue weighted by Crippen LogP contribution is -2.70. The summed E-state index contributed by atoms with van der Waals surface area (Å²) < 4.78 is 18.9. The van der Waals surface area contributed by atoms with E-state index in [0.29, 0.717) is 24.4 Å². The van der Waals surface area contributed by atoms with Crippen molar-refractivity contribution in [3.05, 3.63) is 0 Å². The van der Waals surface area contributed by atoms with Gasteiger partial charge in [-0.2, -0.15) is 0 Å². The van der Waals surface area contributed by atoms with E-state index in [4.69, 9.17) is 24.0 Å². The van der Waals surface area contributed by atoms with Crippen molar-refractivity contribution in [1.82, 2.24) is 4.90 Å². The zero-order valence-electron chi connectivity index (χ0n) is 16.9. The monoisotopic (exact) mass is 369 g/mol. The quantitative estimate of drug-likeness (QED) is 0.548. The lowest BCUT2D eigenvalue weighted by atomic mass is 9.58. The Hall–Kier alpha value is -0.240. The minimum atomic E-state index is -0.715. The molecule has 0 radical (unpaired) electrons. The molecule has 5 fully saturated rings. The van der Waals surface area contributed by atoms with Crippen LogP contribution < -0.4 is 0 Å². The van der Waals surface area contributed by atoms with Gasteiger partial charge in [-0.15, -0.1) is 0 Å². The molecule has 0 aromatic carbocycles. The second-order valence-corrected chi connectivity index (χ2v) is 9.30. The first-order valence-electron chi connectivity index (χ1n) is 10.3. The highest BCUT2D eigenvalue weighted by Crippen LogP contribution is 2.60. The SMILES string of the molecule is C[C@H]1C(OCCCN(C)C)O[C@@H]2OC3(C)CCC4[C@H](C)CCC1[C@]42OO3. The molecule has 1 aliphatic carbocycles. The summed E-state index contributed by atoms with van der Waals surface area (Å²) in [5.74, 6) is 0.884. The van der Waals surface area contributed by atoms with Gasteiger partial charge < -0.3 is 19.1 Å². The fourth-order valence-electron chi connectivity index (χ4n) is 5.64. The van der Waals surface area contributed by atoms with Crippen LogP contribution in [0.5, 0.6) is 0 Å². The van der Waals surface area contributed by atoms with Gasteiger partial charge in [-0.1, -0.05) is 13.8 Å². The molecule has 0 N–H and O–H groups in total. The second-order valence-electron chi connectivity index (χ2n) is 9.30. The Kier molecular flexibility index (Phi) is 5.12. The lowest BCUT2D eigenvalue weighted by molar-refractivity contribution is -0.577. The molecule has 6 heteroatoms. The first-order valence-corrected chi connectivity index (χ1v) is 10.3. The van der Waals surface area contributed by atoms with Crippen LogP contribution in [0.4, 0.5) is 0 Å². The number of nitrogens with zero attached hydrogens (tertiary/aromatic N) is 1. The van der Waals surface area contributed by atoms with E-state index < -0.39 is 17.7 Å². The van der Waals surface area contributed by atoms with Gasteiger partial charge in [-0.3, -0.25) is 0 Å². The van der Waals surface area contributed by atoms with Crippen molar-refractivity contribution in [3.63, 3.8) is 0 Å². The molecule has 5 aliphatic rings. The average Bonchev–Trinajstić information content (AvgIpc) is 2.82. The van der Waals surface area contributed by atoms with Crippen molar-refractivity contribution in [2.24, 2.45) is 23.7 Å². The van der Waals surface area contributed by atoms with Crippen molar-refractivity contribution >= 4 is 0 Å². The van der Waals surface area contributed by atoms with Gasteiger partial charge in [-0.05, 0) is 65.1 Å². The molecule has 4 unspecified atom stereocenters. The van der Waals surface area contributed by atoms with Crippen LogP contribution in [0.15, 0.2) is 0 Å². The highest BCUT2D eigenvalue weighted by atomic mass is 17.3. The molecule has 4 aliphatic heterocycles. The first kappa shape index (κ1) is 19.1. The van der Waals surface area contributed by atoms with Crippen molar-refractivity contribution in [1.29, 1.82) is 0 Å². The first-order chi connectivity index (χ1) is 12.4. The van der Waals surface area contributed by atoms with Gasteiger partial charge in [0.15, 0.2) is 18.2 Å². The Morgan fingerprint density at radius 1 is 1.08 bits per heavy atom. The summed E-state index contributed by atoms with van der Waals surface area (Å²) in [6.45, 7) is 8.26. The number of hydrogen-bond donors (Lipinski definition) is 0. The van der Waals surface area contributed by atoms with E-state index in [1.54, 1.807) is 0 Å². The van der Waals surface area contributed by atoms with Gasteiger partial charge in [0.05, 0.1) is 6.61 Å². The van der Waals surface area contributed by atoms with Crippen LogP contribution in [-0.2, 0) is 24.0 Å². The van der Waals surface area contributed by atoms with Gasteiger partial charge in [-0.25, -0.2) is 9.78 Å². The third-order valence-electron chi connectivity index (χ3n) is 7.13. The van der Waals surface area contributed by atoms with E-state index >= 15 is 0 Å². The fraction of sp³-hybridized carbons (Fsp3) is 1.00. The zero-order chi connectivity index (χ0) is 18.5.